The molecule has 0 aliphatic carbocycles. The van der Waals surface area contributed by atoms with Gasteiger partial charge in [-0.1, -0.05) is 12.5 Å². The van der Waals surface area contributed by atoms with Gasteiger partial charge in [-0.05, 0) is 25.1 Å². The molecule has 1 aromatic heterocycles. The van der Waals surface area contributed by atoms with Crippen LogP contribution >= 0.6 is 0 Å². The second kappa shape index (κ2) is 5.65. The number of rotatable bonds is 3. The smallest absolute Gasteiger partial charge is 0.256 e. The second-order valence-electron chi connectivity index (χ2n) is 5.30. The van der Waals surface area contributed by atoms with Crippen LogP contribution in [-0.2, 0) is 11.3 Å². The average Bonchev–Trinajstić information content (AvgIpc) is 2.93. The van der Waals surface area contributed by atoms with E-state index in [0.29, 0.717) is 35.7 Å². The van der Waals surface area contributed by atoms with E-state index >= 15 is 0 Å². The van der Waals surface area contributed by atoms with Crippen molar-refractivity contribution in [1.82, 2.24) is 14.5 Å². The van der Waals surface area contributed by atoms with Gasteiger partial charge in [0.25, 0.3) is 5.91 Å². The summed E-state index contributed by atoms with van der Waals surface area (Å²) in [7, 11) is 1.75. The number of carbonyl (C=O) groups excluding carboxylic acids is 1. The Balaban J connectivity index is 2.21. The van der Waals surface area contributed by atoms with Crippen LogP contribution in [0.15, 0.2) is 31.1 Å². The monoisotopic (exact) mass is 307 g/mol. The number of ether oxygens (including phenoxy) is 1. The molecule has 1 amide bonds. The van der Waals surface area contributed by atoms with E-state index in [1.54, 1.807) is 24.3 Å². The molecule has 1 aliphatic heterocycles. The third kappa shape index (κ3) is 2.38. The zero-order valence-corrected chi connectivity index (χ0v) is 13.2. The maximum atomic E-state index is 12.6. The highest BCUT2D eigenvalue weighted by Gasteiger charge is 2.27. The molecule has 0 saturated heterocycles. The fourth-order valence-corrected chi connectivity index (χ4v) is 2.72. The molecule has 2 aromatic rings. The largest absolute Gasteiger partial charge is 0.492 e. The molecule has 0 saturated carbocycles. The van der Waals surface area contributed by atoms with Crippen molar-refractivity contribution < 1.29 is 9.53 Å². The van der Waals surface area contributed by atoms with Gasteiger partial charge in [0.2, 0.25) is 0 Å². The summed E-state index contributed by atoms with van der Waals surface area (Å²) in [6, 6.07) is 5.40. The summed E-state index contributed by atoms with van der Waals surface area (Å²) in [4.78, 5) is 18.7. The van der Waals surface area contributed by atoms with Gasteiger partial charge in [-0.15, -0.1) is 6.42 Å². The molecular weight excluding hydrogens is 290 g/mol. The summed E-state index contributed by atoms with van der Waals surface area (Å²) >= 11 is 0. The van der Waals surface area contributed by atoms with Gasteiger partial charge in [0.1, 0.15) is 17.8 Å². The van der Waals surface area contributed by atoms with Gasteiger partial charge in [0.15, 0.2) is 0 Å². The number of carbonyl (C=O) groups is 1. The van der Waals surface area contributed by atoms with Gasteiger partial charge in [-0.3, -0.25) is 9.36 Å². The fourth-order valence-electron chi connectivity index (χ4n) is 2.72. The lowest BCUT2D eigenvalue weighted by atomic mass is 10.1. The molecule has 0 N–H and O–H groups in total. The van der Waals surface area contributed by atoms with Crippen LogP contribution in [0.5, 0.6) is 0 Å². The van der Waals surface area contributed by atoms with Gasteiger partial charge in [0, 0.05) is 12.6 Å². The summed E-state index contributed by atoms with van der Waals surface area (Å²) in [5, 5.41) is 0. The van der Waals surface area contributed by atoms with Gasteiger partial charge in [-0.25, -0.2) is 4.98 Å². The molecule has 0 atom stereocenters. The molecule has 0 radical (unpaired) electrons. The Morgan fingerprint density at radius 3 is 3.00 bits per heavy atom. The molecule has 3 rings (SSSR count). The number of benzene rings is 1. The predicted molar refractivity (Wildman–Crippen MR) is 88.0 cm³/mol. The van der Waals surface area contributed by atoms with Crippen LogP contribution in [-0.4, -0.2) is 34.0 Å². The minimum atomic E-state index is -0.0752. The SMILES string of the molecule is C#Cc1ccc2c(c1)C(=O)N(C)Cc1c(C(=C)OCC)ncn1-2. The summed E-state index contributed by atoms with van der Waals surface area (Å²) in [5.74, 6) is 3.00. The van der Waals surface area contributed by atoms with E-state index in [1.165, 1.54) is 0 Å². The Kier molecular flexibility index (Phi) is 3.67. The Hall–Kier alpha value is -3.00. The van der Waals surface area contributed by atoms with Crippen LogP contribution in [0.25, 0.3) is 11.4 Å². The van der Waals surface area contributed by atoms with Crippen LogP contribution < -0.4 is 0 Å². The van der Waals surface area contributed by atoms with Gasteiger partial charge in [0.05, 0.1) is 30.1 Å². The molecule has 5 nitrogen and oxygen atoms in total. The number of fused-ring (bicyclic) bond motifs is 3. The first kappa shape index (κ1) is 14.9. The van der Waals surface area contributed by atoms with Crippen molar-refractivity contribution in [2.24, 2.45) is 0 Å². The molecule has 5 heteroatoms. The van der Waals surface area contributed by atoms with Crippen molar-refractivity contribution in [2.45, 2.75) is 13.5 Å². The number of aromatic nitrogens is 2. The number of imidazole rings is 1. The van der Waals surface area contributed by atoms with E-state index in [2.05, 4.69) is 17.5 Å². The number of amides is 1. The second-order valence-corrected chi connectivity index (χ2v) is 5.30. The number of hydrogen-bond donors (Lipinski definition) is 0. The first-order valence-electron chi connectivity index (χ1n) is 7.31. The Morgan fingerprint density at radius 2 is 2.30 bits per heavy atom. The molecule has 1 aliphatic rings. The van der Waals surface area contributed by atoms with Crippen LogP contribution in [0.4, 0.5) is 0 Å². The van der Waals surface area contributed by atoms with Crippen molar-refractivity contribution in [3.8, 4) is 18.0 Å². The third-order valence-corrected chi connectivity index (χ3v) is 3.84. The molecule has 0 bridgehead atoms. The highest BCUT2D eigenvalue weighted by atomic mass is 16.5. The first-order valence-corrected chi connectivity index (χ1v) is 7.31. The van der Waals surface area contributed by atoms with Crippen LogP contribution in [0.2, 0.25) is 0 Å². The Labute approximate surface area is 135 Å². The van der Waals surface area contributed by atoms with Gasteiger partial charge < -0.3 is 9.64 Å². The van der Waals surface area contributed by atoms with E-state index in [0.717, 1.165) is 11.4 Å². The topological polar surface area (TPSA) is 47.4 Å². The first-order chi connectivity index (χ1) is 11.1. The normalized spacial score (nSPS) is 12.9. The van der Waals surface area contributed by atoms with Crippen molar-refractivity contribution in [3.05, 3.63) is 53.6 Å². The van der Waals surface area contributed by atoms with Crippen LogP contribution in [0.1, 0.15) is 34.2 Å². The fraction of sp³-hybridized carbons (Fsp3) is 0.222. The lowest BCUT2D eigenvalue weighted by molar-refractivity contribution is 0.0787. The maximum Gasteiger partial charge on any atom is 0.256 e. The van der Waals surface area contributed by atoms with Crippen LogP contribution in [0.3, 0.4) is 0 Å². The number of nitrogens with zero attached hydrogens (tertiary/aromatic N) is 3. The predicted octanol–water partition coefficient (Wildman–Crippen LogP) is 2.45. The molecule has 116 valence electrons. The quantitative estimate of drug-likeness (QED) is 0.646. The molecule has 2 heterocycles. The summed E-state index contributed by atoms with van der Waals surface area (Å²) in [5.41, 5.74) is 3.53. The maximum absolute atomic E-state index is 12.6. The van der Waals surface area contributed by atoms with Crippen molar-refractivity contribution in [1.29, 1.82) is 0 Å². The molecule has 23 heavy (non-hydrogen) atoms. The van der Waals surface area contributed by atoms with E-state index in [9.17, 15) is 4.79 Å². The summed E-state index contributed by atoms with van der Waals surface area (Å²) in [6.45, 7) is 6.75. The van der Waals surface area contributed by atoms with Crippen LogP contribution in [0, 0.1) is 12.3 Å². The number of terminal acetylenes is 1. The highest BCUT2D eigenvalue weighted by molar-refractivity contribution is 5.98. The summed E-state index contributed by atoms with van der Waals surface area (Å²) in [6.07, 6.45) is 7.14. The molecule has 1 aromatic carbocycles. The third-order valence-electron chi connectivity index (χ3n) is 3.84. The van der Waals surface area contributed by atoms with Gasteiger partial charge in [-0.2, -0.15) is 0 Å². The lowest BCUT2D eigenvalue weighted by Gasteiger charge is -2.15. The molecule has 0 fully saturated rings. The standard InChI is InChI=1S/C18H17N3O2/c1-5-13-7-8-15-14(9-13)18(22)20(4)10-16-17(12(3)23-6-2)19-11-21(15)16/h1,7-9,11H,3,6,10H2,2,4H3. The Bertz CT molecular complexity index is 842. The van der Waals surface area contributed by atoms with Crippen molar-refractivity contribution in [2.75, 3.05) is 13.7 Å². The molecule has 0 spiro atoms. The number of hydrogen-bond acceptors (Lipinski definition) is 3. The zero-order chi connectivity index (χ0) is 16.6. The van der Waals surface area contributed by atoms with E-state index in [-0.39, 0.29) is 5.91 Å². The van der Waals surface area contributed by atoms with E-state index < -0.39 is 0 Å². The Morgan fingerprint density at radius 1 is 1.52 bits per heavy atom. The molecule has 0 unspecified atom stereocenters. The summed E-state index contributed by atoms with van der Waals surface area (Å²) < 4.78 is 7.38. The lowest BCUT2D eigenvalue weighted by Crippen LogP contribution is -2.25. The average molecular weight is 307 g/mol. The van der Waals surface area contributed by atoms with Crippen molar-refractivity contribution in [3.63, 3.8) is 0 Å². The van der Waals surface area contributed by atoms with Crippen molar-refractivity contribution >= 4 is 11.7 Å². The van der Waals surface area contributed by atoms with Gasteiger partial charge >= 0.3 is 0 Å². The zero-order valence-electron chi connectivity index (χ0n) is 13.2. The minimum absolute atomic E-state index is 0.0752. The molecular formula is C18H17N3O2. The van der Waals surface area contributed by atoms with E-state index in [4.69, 9.17) is 11.2 Å². The minimum Gasteiger partial charge on any atom is -0.492 e. The highest BCUT2D eigenvalue weighted by Crippen LogP contribution is 2.28. The van der Waals surface area contributed by atoms with E-state index in [1.807, 2.05) is 23.6 Å².